The third-order valence-corrected chi connectivity index (χ3v) is 3.16. The zero-order valence-corrected chi connectivity index (χ0v) is 12.1. The molecule has 3 aromatic rings. The lowest BCUT2D eigenvalue weighted by atomic mass is 10.1. The van der Waals surface area contributed by atoms with E-state index in [1.54, 1.807) is 24.5 Å². The molecule has 6 nitrogen and oxygen atoms in total. The third-order valence-electron chi connectivity index (χ3n) is 3.16. The van der Waals surface area contributed by atoms with Crippen LogP contribution in [0.5, 0.6) is 5.75 Å². The summed E-state index contributed by atoms with van der Waals surface area (Å²) in [5.74, 6) is -0.334. The second-order valence-electron chi connectivity index (χ2n) is 4.73. The minimum absolute atomic E-state index is 0.326. The molecule has 2 heterocycles. The number of pyridine rings is 1. The number of alkyl halides is 3. The zero-order chi connectivity index (χ0) is 17.2. The molecule has 0 atom stereocenters. The Labute approximate surface area is 134 Å². The largest absolute Gasteiger partial charge is 0.573 e. The highest BCUT2D eigenvalue weighted by Crippen LogP contribution is 2.27. The molecular weight excluding hydrogens is 325 g/mol. The molecule has 0 radical (unpaired) electrons. The maximum atomic E-state index is 12.2. The van der Waals surface area contributed by atoms with Gasteiger partial charge in [-0.25, -0.2) is 4.68 Å². The predicted molar refractivity (Wildman–Crippen MR) is 77.2 cm³/mol. The number of hydrogen-bond donors (Lipinski definition) is 1. The lowest BCUT2D eigenvalue weighted by molar-refractivity contribution is -0.274. The molecule has 24 heavy (non-hydrogen) atoms. The maximum absolute atomic E-state index is 12.2. The number of aliphatic hydroxyl groups excluding tert-OH is 1. The van der Waals surface area contributed by atoms with Gasteiger partial charge in [-0.05, 0) is 36.4 Å². The number of ether oxygens (including phenoxy) is 1. The molecular formula is C15H11F3N4O2. The fraction of sp³-hybridized carbons (Fsp3) is 0.133. The van der Waals surface area contributed by atoms with Gasteiger partial charge in [0.15, 0.2) is 0 Å². The summed E-state index contributed by atoms with van der Waals surface area (Å²) in [6.45, 7) is -0.326. The van der Waals surface area contributed by atoms with E-state index in [0.717, 1.165) is 5.56 Å². The smallest absolute Gasteiger partial charge is 0.406 e. The third kappa shape index (κ3) is 3.35. The maximum Gasteiger partial charge on any atom is 0.573 e. The van der Waals surface area contributed by atoms with E-state index in [9.17, 15) is 18.3 Å². The summed E-state index contributed by atoms with van der Waals surface area (Å²) in [7, 11) is 0. The molecule has 0 aliphatic heterocycles. The summed E-state index contributed by atoms with van der Waals surface area (Å²) in [6.07, 6.45) is -1.59. The molecule has 2 aromatic heterocycles. The van der Waals surface area contributed by atoms with Crippen molar-refractivity contribution in [3.8, 4) is 22.7 Å². The molecule has 0 spiro atoms. The predicted octanol–water partition coefficient (Wildman–Crippen LogP) is 2.72. The van der Waals surface area contributed by atoms with Crippen LogP contribution >= 0.6 is 0 Å². The highest BCUT2D eigenvalue weighted by Gasteiger charge is 2.31. The normalized spacial score (nSPS) is 11.5. The average molecular weight is 336 g/mol. The SMILES string of the molecule is OCc1nnn(-c2ccc(OC(F)(F)F)cc2)c1-c1ccncc1. The van der Waals surface area contributed by atoms with E-state index in [-0.39, 0.29) is 12.4 Å². The van der Waals surface area contributed by atoms with E-state index in [0.29, 0.717) is 17.1 Å². The van der Waals surface area contributed by atoms with E-state index >= 15 is 0 Å². The molecule has 0 bridgehead atoms. The fourth-order valence-electron chi connectivity index (χ4n) is 2.19. The van der Waals surface area contributed by atoms with Crippen molar-refractivity contribution in [2.24, 2.45) is 0 Å². The first kappa shape index (κ1) is 15.9. The van der Waals surface area contributed by atoms with E-state index in [1.165, 1.54) is 28.9 Å². The lowest BCUT2D eigenvalue weighted by Gasteiger charge is -2.10. The Hall–Kier alpha value is -2.94. The monoisotopic (exact) mass is 336 g/mol. The summed E-state index contributed by atoms with van der Waals surface area (Å²) in [4.78, 5) is 3.92. The Morgan fingerprint density at radius 1 is 1.04 bits per heavy atom. The van der Waals surface area contributed by atoms with Gasteiger partial charge >= 0.3 is 6.36 Å². The minimum atomic E-state index is -4.75. The van der Waals surface area contributed by atoms with Crippen LogP contribution < -0.4 is 4.74 Å². The Bertz CT molecular complexity index is 817. The molecule has 0 saturated heterocycles. The molecule has 0 saturated carbocycles. The quantitative estimate of drug-likeness (QED) is 0.793. The number of nitrogens with zero attached hydrogens (tertiary/aromatic N) is 4. The zero-order valence-electron chi connectivity index (χ0n) is 12.1. The van der Waals surface area contributed by atoms with Crippen LogP contribution in [0.4, 0.5) is 13.2 Å². The van der Waals surface area contributed by atoms with Gasteiger partial charge in [-0.1, -0.05) is 5.21 Å². The van der Waals surface area contributed by atoms with Crippen molar-refractivity contribution >= 4 is 0 Å². The van der Waals surface area contributed by atoms with E-state index in [4.69, 9.17) is 0 Å². The number of aromatic nitrogens is 4. The molecule has 9 heteroatoms. The molecule has 3 rings (SSSR count). The van der Waals surface area contributed by atoms with Gasteiger partial charge in [0, 0.05) is 18.0 Å². The number of aliphatic hydroxyl groups is 1. The first-order chi connectivity index (χ1) is 11.5. The number of hydrogen-bond acceptors (Lipinski definition) is 5. The van der Waals surface area contributed by atoms with E-state index in [2.05, 4.69) is 20.0 Å². The Kier molecular flexibility index (Phi) is 4.17. The molecule has 1 aromatic carbocycles. The molecule has 0 fully saturated rings. The molecule has 124 valence electrons. The molecule has 0 unspecified atom stereocenters. The first-order valence-electron chi connectivity index (χ1n) is 6.80. The first-order valence-corrected chi connectivity index (χ1v) is 6.80. The van der Waals surface area contributed by atoms with Crippen molar-refractivity contribution in [2.75, 3.05) is 0 Å². The van der Waals surface area contributed by atoms with Crippen LogP contribution in [0.3, 0.4) is 0 Å². The standard InChI is InChI=1S/C15H11F3N4O2/c16-15(17,18)24-12-3-1-11(2-4-12)22-14(13(9-23)20-21-22)10-5-7-19-8-6-10/h1-8,23H,9H2. The van der Waals surface area contributed by atoms with Crippen molar-refractivity contribution in [3.63, 3.8) is 0 Å². The van der Waals surface area contributed by atoms with Gasteiger partial charge in [-0.2, -0.15) is 0 Å². The average Bonchev–Trinajstić information content (AvgIpc) is 2.99. The Morgan fingerprint density at radius 2 is 1.71 bits per heavy atom. The van der Waals surface area contributed by atoms with Gasteiger partial charge in [-0.15, -0.1) is 18.3 Å². The fourth-order valence-corrected chi connectivity index (χ4v) is 2.19. The topological polar surface area (TPSA) is 73.1 Å². The summed E-state index contributed by atoms with van der Waals surface area (Å²) < 4.78 is 41.9. The minimum Gasteiger partial charge on any atom is -0.406 e. The van der Waals surface area contributed by atoms with Gasteiger partial charge < -0.3 is 9.84 Å². The van der Waals surface area contributed by atoms with Crippen molar-refractivity contribution in [3.05, 3.63) is 54.5 Å². The second kappa shape index (κ2) is 6.28. The second-order valence-corrected chi connectivity index (χ2v) is 4.73. The van der Waals surface area contributed by atoms with Crippen molar-refractivity contribution in [2.45, 2.75) is 13.0 Å². The van der Waals surface area contributed by atoms with Crippen LogP contribution in [0.1, 0.15) is 5.69 Å². The van der Waals surface area contributed by atoms with Gasteiger partial charge in [-0.3, -0.25) is 4.98 Å². The summed E-state index contributed by atoms with van der Waals surface area (Å²) in [5, 5.41) is 17.3. The highest BCUT2D eigenvalue weighted by molar-refractivity contribution is 5.63. The van der Waals surface area contributed by atoms with Crippen LogP contribution in [0, 0.1) is 0 Å². The van der Waals surface area contributed by atoms with Gasteiger partial charge in [0.2, 0.25) is 0 Å². The van der Waals surface area contributed by atoms with E-state index in [1.807, 2.05) is 0 Å². The Balaban J connectivity index is 2.00. The molecule has 1 N–H and O–H groups in total. The van der Waals surface area contributed by atoms with E-state index < -0.39 is 6.36 Å². The number of halogens is 3. The number of rotatable bonds is 4. The van der Waals surface area contributed by atoms with Gasteiger partial charge in [0.05, 0.1) is 12.3 Å². The van der Waals surface area contributed by atoms with Crippen LogP contribution in [-0.2, 0) is 6.61 Å². The highest BCUT2D eigenvalue weighted by atomic mass is 19.4. The van der Waals surface area contributed by atoms with Crippen molar-refractivity contribution < 1.29 is 23.0 Å². The number of benzene rings is 1. The summed E-state index contributed by atoms with van der Waals surface area (Å²) in [5.41, 5.74) is 2.07. The molecule has 0 aliphatic rings. The molecule has 0 aliphatic carbocycles. The van der Waals surface area contributed by atoms with Gasteiger partial charge in [0.25, 0.3) is 0 Å². The summed E-state index contributed by atoms with van der Waals surface area (Å²) >= 11 is 0. The molecule has 0 amide bonds. The summed E-state index contributed by atoms with van der Waals surface area (Å²) in [6, 6.07) is 8.63. The van der Waals surface area contributed by atoms with Crippen molar-refractivity contribution in [1.29, 1.82) is 0 Å². The lowest BCUT2D eigenvalue weighted by Crippen LogP contribution is -2.17. The van der Waals surface area contributed by atoms with Crippen molar-refractivity contribution in [1.82, 2.24) is 20.0 Å². The van der Waals surface area contributed by atoms with Crippen LogP contribution in [0.25, 0.3) is 16.9 Å². The van der Waals surface area contributed by atoms with Crippen LogP contribution in [0.2, 0.25) is 0 Å². The van der Waals surface area contributed by atoms with Crippen LogP contribution in [-0.4, -0.2) is 31.4 Å². The Morgan fingerprint density at radius 3 is 2.29 bits per heavy atom. The van der Waals surface area contributed by atoms with Crippen LogP contribution in [0.15, 0.2) is 48.8 Å². The van der Waals surface area contributed by atoms with Gasteiger partial charge in [0.1, 0.15) is 17.1 Å².